The van der Waals surface area contributed by atoms with E-state index in [0.29, 0.717) is 13.0 Å². The number of nitrogens with one attached hydrogen (secondary N) is 1. The Morgan fingerprint density at radius 1 is 1.59 bits per heavy atom. The summed E-state index contributed by atoms with van der Waals surface area (Å²) >= 11 is 1.85. The minimum atomic E-state index is 0.103. The SMILES string of the molecule is CC(N)CCC(=O)NCc1cc2c(s1)CCC2. The van der Waals surface area contributed by atoms with Crippen molar-refractivity contribution in [2.45, 2.75) is 51.6 Å². The lowest BCUT2D eigenvalue weighted by molar-refractivity contribution is -0.121. The lowest BCUT2D eigenvalue weighted by Gasteiger charge is -2.05. The molecule has 1 unspecified atom stereocenters. The Morgan fingerprint density at radius 2 is 2.41 bits per heavy atom. The van der Waals surface area contributed by atoms with E-state index < -0.39 is 0 Å². The predicted molar refractivity (Wildman–Crippen MR) is 71.1 cm³/mol. The Morgan fingerprint density at radius 3 is 3.12 bits per heavy atom. The maximum Gasteiger partial charge on any atom is 0.220 e. The van der Waals surface area contributed by atoms with Crippen molar-refractivity contribution in [3.8, 4) is 0 Å². The highest BCUT2D eigenvalue weighted by Crippen LogP contribution is 2.30. The number of carbonyl (C=O) groups is 1. The number of aryl methyl sites for hydroxylation is 2. The monoisotopic (exact) mass is 252 g/mol. The summed E-state index contributed by atoms with van der Waals surface area (Å²) in [6, 6.07) is 2.35. The smallest absolute Gasteiger partial charge is 0.220 e. The zero-order valence-electron chi connectivity index (χ0n) is 10.3. The van der Waals surface area contributed by atoms with Crippen LogP contribution in [0.15, 0.2) is 6.07 Å². The molecule has 1 aromatic rings. The number of carbonyl (C=O) groups excluding carboxylic acids is 1. The van der Waals surface area contributed by atoms with Crippen LogP contribution in [0.3, 0.4) is 0 Å². The standard InChI is InChI=1S/C13H20N2OS/c1-9(14)5-6-13(16)15-8-11-7-10-3-2-4-12(10)17-11/h7,9H,2-6,8,14H2,1H3,(H,15,16). The highest BCUT2D eigenvalue weighted by atomic mass is 32.1. The van der Waals surface area contributed by atoms with Crippen molar-refractivity contribution < 1.29 is 4.79 Å². The van der Waals surface area contributed by atoms with Gasteiger partial charge >= 0.3 is 0 Å². The maximum atomic E-state index is 11.5. The molecule has 2 rings (SSSR count). The quantitative estimate of drug-likeness (QED) is 0.842. The van der Waals surface area contributed by atoms with Crippen molar-refractivity contribution in [1.82, 2.24) is 5.32 Å². The number of hydrogen-bond acceptors (Lipinski definition) is 3. The minimum absolute atomic E-state index is 0.103. The largest absolute Gasteiger partial charge is 0.351 e. The average molecular weight is 252 g/mol. The van der Waals surface area contributed by atoms with Crippen LogP contribution in [0.1, 0.15) is 41.5 Å². The van der Waals surface area contributed by atoms with Crippen LogP contribution in [-0.4, -0.2) is 11.9 Å². The van der Waals surface area contributed by atoms with Crippen LogP contribution in [0.2, 0.25) is 0 Å². The van der Waals surface area contributed by atoms with Gasteiger partial charge in [0.2, 0.25) is 5.91 Å². The molecule has 1 aliphatic carbocycles. The number of amides is 1. The molecule has 1 amide bonds. The maximum absolute atomic E-state index is 11.5. The molecule has 0 aliphatic heterocycles. The first kappa shape index (κ1) is 12.6. The second-order valence-corrected chi connectivity index (χ2v) is 6.03. The Balaban J connectivity index is 1.75. The van der Waals surface area contributed by atoms with Gasteiger partial charge in [0.05, 0.1) is 6.54 Å². The van der Waals surface area contributed by atoms with Crippen molar-refractivity contribution in [1.29, 1.82) is 0 Å². The molecule has 0 fully saturated rings. The van der Waals surface area contributed by atoms with Crippen LogP contribution in [0.4, 0.5) is 0 Å². The van der Waals surface area contributed by atoms with E-state index in [1.165, 1.54) is 34.6 Å². The average Bonchev–Trinajstić information content (AvgIpc) is 2.83. The van der Waals surface area contributed by atoms with E-state index in [-0.39, 0.29) is 11.9 Å². The van der Waals surface area contributed by atoms with Crippen molar-refractivity contribution in [2.75, 3.05) is 0 Å². The molecule has 0 spiro atoms. The van der Waals surface area contributed by atoms with Gasteiger partial charge in [-0.2, -0.15) is 0 Å². The summed E-state index contributed by atoms with van der Waals surface area (Å²) in [5, 5.41) is 2.96. The molecule has 1 aromatic heterocycles. The van der Waals surface area contributed by atoms with E-state index >= 15 is 0 Å². The fourth-order valence-corrected chi connectivity index (χ4v) is 3.31. The van der Waals surface area contributed by atoms with E-state index in [1.807, 2.05) is 18.3 Å². The molecule has 0 saturated carbocycles. The summed E-state index contributed by atoms with van der Waals surface area (Å²) in [7, 11) is 0. The van der Waals surface area contributed by atoms with Crippen molar-refractivity contribution in [3.05, 3.63) is 21.4 Å². The van der Waals surface area contributed by atoms with Crippen LogP contribution >= 0.6 is 11.3 Å². The van der Waals surface area contributed by atoms with Gasteiger partial charge < -0.3 is 11.1 Å². The van der Waals surface area contributed by atoms with Gasteiger partial charge in [0.25, 0.3) is 0 Å². The normalized spacial score (nSPS) is 15.6. The van der Waals surface area contributed by atoms with Gasteiger partial charge in [-0.1, -0.05) is 0 Å². The lowest BCUT2D eigenvalue weighted by atomic mass is 10.2. The molecule has 1 aliphatic rings. The highest BCUT2D eigenvalue weighted by molar-refractivity contribution is 7.12. The highest BCUT2D eigenvalue weighted by Gasteiger charge is 2.14. The van der Waals surface area contributed by atoms with Crippen molar-refractivity contribution in [3.63, 3.8) is 0 Å². The third kappa shape index (κ3) is 3.54. The third-order valence-corrected chi connectivity index (χ3v) is 4.32. The van der Waals surface area contributed by atoms with Gasteiger partial charge in [0.1, 0.15) is 0 Å². The van der Waals surface area contributed by atoms with Gasteiger partial charge in [-0.05, 0) is 44.2 Å². The lowest BCUT2D eigenvalue weighted by Crippen LogP contribution is -2.25. The topological polar surface area (TPSA) is 55.1 Å². The number of thiophene rings is 1. The zero-order chi connectivity index (χ0) is 12.3. The Kier molecular flexibility index (Phi) is 4.18. The van der Waals surface area contributed by atoms with E-state index in [9.17, 15) is 4.79 Å². The van der Waals surface area contributed by atoms with E-state index in [0.717, 1.165) is 6.42 Å². The summed E-state index contributed by atoms with van der Waals surface area (Å²) in [5.74, 6) is 0.107. The number of rotatable bonds is 5. The summed E-state index contributed by atoms with van der Waals surface area (Å²) < 4.78 is 0. The summed E-state index contributed by atoms with van der Waals surface area (Å²) in [4.78, 5) is 14.3. The van der Waals surface area contributed by atoms with Crippen LogP contribution in [0, 0.1) is 0 Å². The van der Waals surface area contributed by atoms with Crippen LogP contribution < -0.4 is 11.1 Å². The molecule has 94 valence electrons. The fraction of sp³-hybridized carbons (Fsp3) is 0.615. The Bertz CT molecular complexity index is 377. The van der Waals surface area contributed by atoms with Crippen molar-refractivity contribution >= 4 is 17.2 Å². The first-order valence-corrected chi connectivity index (χ1v) is 7.09. The Hall–Kier alpha value is -0.870. The second kappa shape index (κ2) is 5.65. The molecular formula is C13H20N2OS. The van der Waals surface area contributed by atoms with Gasteiger partial charge in [0.15, 0.2) is 0 Å². The molecule has 4 heteroatoms. The molecular weight excluding hydrogens is 232 g/mol. The molecule has 0 radical (unpaired) electrons. The summed E-state index contributed by atoms with van der Waals surface area (Å²) in [6.45, 7) is 2.60. The molecule has 1 heterocycles. The molecule has 3 N–H and O–H groups in total. The predicted octanol–water partition coefficient (Wildman–Crippen LogP) is 1.98. The number of hydrogen-bond donors (Lipinski definition) is 2. The number of nitrogens with two attached hydrogens (primary N) is 1. The summed E-state index contributed by atoms with van der Waals surface area (Å²) in [6.07, 6.45) is 5.01. The minimum Gasteiger partial charge on any atom is -0.351 e. The van der Waals surface area contributed by atoms with Gasteiger partial charge in [0, 0.05) is 22.2 Å². The van der Waals surface area contributed by atoms with E-state index in [2.05, 4.69) is 11.4 Å². The summed E-state index contributed by atoms with van der Waals surface area (Å²) in [5.41, 5.74) is 7.11. The molecule has 1 atom stereocenters. The van der Waals surface area contributed by atoms with Gasteiger partial charge in [-0.3, -0.25) is 4.79 Å². The molecule has 0 aromatic carbocycles. The number of fused-ring (bicyclic) bond motifs is 1. The first-order valence-electron chi connectivity index (χ1n) is 6.28. The molecule has 17 heavy (non-hydrogen) atoms. The fourth-order valence-electron chi connectivity index (χ4n) is 2.11. The van der Waals surface area contributed by atoms with Gasteiger partial charge in [-0.25, -0.2) is 0 Å². The third-order valence-electron chi connectivity index (χ3n) is 3.08. The molecule has 0 bridgehead atoms. The first-order chi connectivity index (χ1) is 8.15. The van der Waals surface area contributed by atoms with Crippen LogP contribution in [-0.2, 0) is 24.2 Å². The van der Waals surface area contributed by atoms with Crippen LogP contribution in [0.5, 0.6) is 0 Å². The van der Waals surface area contributed by atoms with E-state index in [1.54, 1.807) is 0 Å². The molecule has 0 saturated heterocycles. The molecule has 3 nitrogen and oxygen atoms in total. The zero-order valence-corrected chi connectivity index (χ0v) is 11.1. The van der Waals surface area contributed by atoms with Gasteiger partial charge in [-0.15, -0.1) is 11.3 Å². The Labute approximate surface area is 106 Å². The second-order valence-electron chi connectivity index (χ2n) is 4.81. The van der Waals surface area contributed by atoms with E-state index in [4.69, 9.17) is 5.73 Å². The van der Waals surface area contributed by atoms with Crippen molar-refractivity contribution in [2.24, 2.45) is 5.73 Å². The van der Waals surface area contributed by atoms with Crippen LogP contribution in [0.25, 0.3) is 0 Å².